The number of carbonyl (C=O) groups excluding carboxylic acids is 1. The Morgan fingerprint density at radius 1 is 1.12 bits per heavy atom. The number of hydrogen-bond acceptors (Lipinski definition) is 4. The zero-order valence-electron chi connectivity index (χ0n) is 9.30. The Morgan fingerprint density at radius 3 is 1.81 bits per heavy atom. The monoisotopic (exact) mass is 232 g/mol. The number of hydrogen-bond donors (Lipinski definition) is 2. The minimum atomic E-state index is -1.08. The van der Waals surface area contributed by atoms with Crippen LogP contribution in [0.15, 0.2) is 12.2 Å². The maximum atomic E-state index is 10.3. The fraction of sp³-hybridized carbons (Fsp3) is 0.500. The van der Waals surface area contributed by atoms with Gasteiger partial charge in [-0.25, -0.2) is 4.79 Å². The van der Waals surface area contributed by atoms with E-state index >= 15 is 0 Å². The molecule has 0 unspecified atom stereocenters. The second-order valence-corrected chi connectivity index (χ2v) is 2.54. The van der Waals surface area contributed by atoms with Gasteiger partial charge in [0.15, 0.2) is 0 Å². The molecule has 0 saturated carbocycles. The molecule has 0 aromatic rings. The van der Waals surface area contributed by atoms with Crippen molar-refractivity contribution in [2.24, 2.45) is 0 Å². The second-order valence-electron chi connectivity index (χ2n) is 2.54. The van der Waals surface area contributed by atoms with Crippen LogP contribution in [0.2, 0.25) is 0 Å². The number of ether oxygens (including phenoxy) is 1. The van der Waals surface area contributed by atoms with E-state index in [1.165, 1.54) is 6.08 Å². The van der Waals surface area contributed by atoms with Crippen molar-refractivity contribution < 1.29 is 29.3 Å². The van der Waals surface area contributed by atoms with E-state index in [2.05, 4.69) is 4.74 Å². The number of allylic oxidation sites excluding steroid dienone is 1. The molecule has 16 heavy (non-hydrogen) atoms. The molecule has 0 radical (unpaired) electrons. The average molecular weight is 232 g/mol. The molecule has 0 amide bonds. The van der Waals surface area contributed by atoms with Crippen LogP contribution in [0.4, 0.5) is 0 Å². The summed E-state index contributed by atoms with van der Waals surface area (Å²) in [7, 11) is 0. The van der Waals surface area contributed by atoms with E-state index in [4.69, 9.17) is 10.2 Å². The van der Waals surface area contributed by atoms with Gasteiger partial charge in [0.25, 0.3) is 0 Å². The molecule has 2 N–H and O–H groups in total. The zero-order chi connectivity index (χ0) is 13.0. The van der Waals surface area contributed by atoms with Crippen molar-refractivity contribution in [2.45, 2.75) is 26.7 Å². The highest BCUT2D eigenvalue weighted by Crippen LogP contribution is 1.86. The van der Waals surface area contributed by atoms with E-state index in [9.17, 15) is 14.4 Å². The zero-order valence-corrected chi connectivity index (χ0v) is 9.30. The molecule has 0 heterocycles. The summed E-state index contributed by atoms with van der Waals surface area (Å²) >= 11 is 0. The van der Waals surface area contributed by atoms with Gasteiger partial charge in [-0.3, -0.25) is 9.59 Å². The summed E-state index contributed by atoms with van der Waals surface area (Å²) in [6, 6.07) is 0. The second kappa shape index (κ2) is 11.2. The van der Waals surface area contributed by atoms with Gasteiger partial charge < -0.3 is 14.9 Å². The van der Waals surface area contributed by atoms with E-state index in [-0.39, 0.29) is 18.8 Å². The third-order valence-electron chi connectivity index (χ3n) is 1.14. The Bertz CT molecular complexity index is 242. The van der Waals surface area contributed by atoms with Crippen LogP contribution in [0.1, 0.15) is 26.7 Å². The normalized spacial score (nSPS) is 9.12. The number of carboxylic acids is 2. The summed E-state index contributed by atoms with van der Waals surface area (Å²) in [6.07, 6.45) is 2.45. The molecular weight excluding hydrogens is 216 g/mol. The Hall–Kier alpha value is -1.85. The van der Waals surface area contributed by atoms with Gasteiger partial charge in [-0.2, -0.15) is 0 Å². The van der Waals surface area contributed by atoms with Crippen molar-refractivity contribution in [3.63, 3.8) is 0 Å². The highest BCUT2D eigenvalue weighted by molar-refractivity contribution is 5.81. The fourth-order valence-electron chi connectivity index (χ4n) is 0.540. The van der Waals surface area contributed by atoms with Crippen LogP contribution >= 0.6 is 0 Å². The van der Waals surface area contributed by atoms with Gasteiger partial charge in [0.1, 0.15) is 0 Å². The third-order valence-corrected chi connectivity index (χ3v) is 1.14. The SMILES string of the molecule is CC=CC(=O)OCC.O=C(O)CCC(=O)O. The number of carboxylic acid groups (broad SMARTS) is 2. The van der Waals surface area contributed by atoms with Crippen LogP contribution in [0.3, 0.4) is 0 Å². The standard InChI is InChI=1S/C6H10O2.C4H6O4/c1-3-5-6(7)8-4-2;5-3(6)1-2-4(7)8/h3,5H,4H2,1-2H3;1-2H2,(H,5,6)(H,7,8). The van der Waals surface area contributed by atoms with Crippen molar-refractivity contribution in [3.8, 4) is 0 Å². The van der Waals surface area contributed by atoms with Crippen LogP contribution in [-0.4, -0.2) is 34.7 Å². The Balaban J connectivity index is 0. The molecule has 0 aliphatic heterocycles. The van der Waals surface area contributed by atoms with Crippen LogP contribution in [0, 0.1) is 0 Å². The Morgan fingerprint density at radius 2 is 1.56 bits per heavy atom. The molecule has 0 fully saturated rings. The molecule has 0 bridgehead atoms. The van der Waals surface area contributed by atoms with Crippen molar-refractivity contribution in [1.29, 1.82) is 0 Å². The molecule has 6 nitrogen and oxygen atoms in total. The highest BCUT2D eigenvalue weighted by atomic mass is 16.5. The Kier molecular flexibility index (Phi) is 11.6. The smallest absolute Gasteiger partial charge is 0.330 e. The van der Waals surface area contributed by atoms with Crippen LogP contribution in [0.5, 0.6) is 0 Å². The first kappa shape index (κ1) is 16.6. The maximum Gasteiger partial charge on any atom is 0.330 e. The van der Waals surface area contributed by atoms with E-state index < -0.39 is 11.9 Å². The van der Waals surface area contributed by atoms with E-state index in [0.29, 0.717) is 6.61 Å². The number of esters is 1. The van der Waals surface area contributed by atoms with Crippen LogP contribution in [0.25, 0.3) is 0 Å². The van der Waals surface area contributed by atoms with Gasteiger partial charge in [0, 0.05) is 6.08 Å². The summed E-state index contributed by atoms with van der Waals surface area (Å²) in [5.74, 6) is -2.42. The van der Waals surface area contributed by atoms with Crippen molar-refractivity contribution in [3.05, 3.63) is 12.2 Å². The average Bonchev–Trinajstić information content (AvgIpc) is 2.16. The first-order chi connectivity index (χ1) is 7.43. The lowest BCUT2D eigenvalue weighted by Gasteiger charge is -1.91. The van der Waals surface area contributed by atoms with Gasteiger partial charge in [-0.1, -0.05) is 6.08 Å². The molecule has 92 valence electrons. The van der Waals surface area contributed by atoms with Crippen molar-refractivity contribution >= 4 is 17.9 Å². The quantitative estimate of drug-likeness (QED) is 0.543. The number of aliphatic carboxylic acids is 2. The highest BCUT2D eigenvalue weighted by Gasteiger charge is 2.00. The van der Waals surface area contributed by atoms with Crippen molar-refractivity contribution in [2.75, 3.05) is 6.61 Å². The molecule has 0 rings (SSSR count). The molecule has 0 spiro atoms. The summed E-state index contributed by atoms with van der Waals surface area (Å²) in [5.41, 5.74) is 0. The first-order valence-corrected chi connectivity index (χ1v) is 4.67. The van der Waals surface area contributed by atoms with E-state index in [1.807, 2.05) is 0 Å². The minimum Gasteiger partial charge on any atom is -0.481 e. The lowest BCUT2D eigenvalue weighted by Crippen LogP contribution is -2.00. The summed E-state index contributed by atoms with van der Waals surface area (Å²) < 4.78 is 4.56. The summed E-state index contributed by atoms with van der Waals surface area (Å²) in [4.78, 5) is 29.6. The topological polar surface area (TPSA) is 101 Å². The van der Waals surface area contributed by atoms with Gasteiger partial charge >= 0.3 is 17.9 Å². The van der Waals surface area contributed by atoms with E-state index in [0.717, 1.165) is 0 Å². The van der Waals surface area contributed by atoms with Crippen LogP contribution < -0.4 is 0 Å². The van der Waals surface area contributed by atoms with Crippen molar-refractivity contribution in [1.82, 2.24) is 0 Å². The molecular formula is C10H16O6. The molecule has 0 atom stereocenters. The fourth-order valence-corrected chi connectivity index (χ4v) is 0.540. The molecule has 0 aliphatic carbocycles. The number of carbonyl (C=O) groups is 3. The molecule has 0 aromatic carbocycles. The predicted molar refractivity (Wildman–Crippen MR) is 56.0 cm³/mol. The number of rotatable bonds is 5. The first-order valence-electron chi connectivity index (χ1n) is 4.67. The maximum absolute atomic E-state index is 10.3. The lowest BCUT2D eigenvalue weighted by atomic mass is 10.3. The van der Waals surface area contributed by atoms with Gasteiger partial charge in [-0.05, 0) is 13.8 Å². The summed E-state index contributed by atoms with van der Waals surface area (Å²) in [6.45, 7) is 4.00. The molecule has 0 aromatic heterocycles. The molecule has 6 heteroatoms. The van der Waals surface area contributed by atoms with Gasteiger partial charge in [0.2, 0.25) is 0 Å². The van der Waals surface area contributed by atoms with Crippen LogP contribution in [-0.2, 0) is 19.1 Å². The van der Waals surface area contributed by atoms with E-state index in [1.54, 1.807) is 19.9 Å². The molecule has 0 saturated heterocycles. The Labute approximate surface area is 93.5 Å². The third kappa shape index (κ3) is 18.0. The minimum absolute atomic E-state index is 0.269. The summed E-state index contributed by atoms with van der Waals surface area (Å²) in [5, 5.41) is 15.8. The van der Waals surface area contributed by atoms with Gasteiger partial charge in [-0.15, -0.1) is 0 Å². The molecule has 0 aliphatic rings. The lowest BCUT2D eigenvalue weighted by molar-refractivity contribution is -0.143. The van der Waals surface area contributed by atoms with Gasteiger partial charge in [0.05, 0.1) is 19.4 Å². The predicted octanol–water partition coefficient (Wildman–Crippen LogP) is 1.06. The largest absolute Gasteiger partial charge is 0.481 e.